The van der Waals surface area contributed by atoms with Crippen LogP contribution >= 0.6 is 0 Å². The summed E-state index contributed by atoms with van der Waals surface area (Å²) in [5, 5.41) is 2.61. The van der Waals surface area contributed by atoms with Gasteiger partial charge in [0.25, 0.3) is 0 Å². The van der Waals surface area contributed by atoms with Gasteiger partial charge >= 0.3 is 11.9 Å². The van der Waals surface area contributed by atoms with Crippen molar-refractivity contribution in [1.82, 2.24) is 20.2 Å². The van der Waals surface area contributed by atoms with E-state index in [9.17, 15) is 14.4 Å². The molecule has 2 fully saturated rings. The van der Waals surface area contributed by atoms with Gasteiger partial charge in [-0.2, -0.15) is 0 Å². The Balaban J connectivity index is 1.50. The Hall–Kier alpha value is -3.24. The number of nitrogens with one attached hydrogen (secondary N) is 2. The summed E-state index contributed by atoms with van der Waals surface area (Å²) in [5.41, 5.74) is 6.80. The summed E-state index contributed by atoms with van der Waals surface area (Å²) < 4.78 is 11.6. The van der Waals surface area contributed by atoms with E-state index in [-0.39, 0.29) is 12.5 Å². The number of nitrogens with zero attached hydrogens (tertiary/aromatic N) is 2. The molecule has 2 aliphatic heterocycles. The van der Waals surface area contributed by atoms with Gasteiger partial charge in [0.05, 0.1) is 12.4 Å². The number of ether oxygens (including phenoxy) is 2. The molecular weight excluding hydrogens is 450 g/mol. The molecule has 1 aromatic carbocycles. The molecule has 2 saturated heterocycles. The fraction of sp³-hybridized carbons (Fsp3) is 0.520. The van der Waals surface area contributed by atoms with Crippen LogP contribution in [0.4, 0.5) is 0 Å². The van der Waals surface area contributed by atoms with Gasteiger partial charge in [0.1, 0.15) is 12.1 Å². The van der Waals surface area contributed by atoms with Gasteiger partial charge in [-0.15, -0.1) is 0 Å². The Morgan fingerprint density at radius 3 is 2.46 bits per heavy atom. The van der Waals surface area contributed by atoms with E-state index in [2.05, 4.69) is 27.2 Å². The molecule has 3 heterocycles. The van der Waals surface area contributed by atoms with E-state index in [1.807, 2.05) is 6.07 Å². The van der Waals surface area contributed by atoms with Gasteiger partial charge in [0.15, 0.2) is 0 Å². The first-order chi connectivity index (χ1) is 16.8. The zero-order chi connectivity index (χ0) is 24.9. The van der Waals surface area contributed by atoms with Gasteiger partial charge in [0, 0.05) is 36.0 Å². The van der Waals surface area contributed by atoms with E-state index in [1.165, 1.54) is 13.3 Å². The minimum atomic E-state index is -1.25. The molecule has 2 aliphatic rings. The Kier molecular flexibility index (Phi) is 7.82. The lowest BCUT2D eigenvalue weighted by atomic mass is 10.0. The summed E-state index contributed by atoms with van der Waals surface area (Å²) in [6, 6.07) is 7.68. The number of piperidine rings is 1. The summed E-state index contributed by atoms with van der Waals surface area (Å²) in [5.74, 6) is -1.88. The van der Waals surface area contributed by atoms with E-state index in [4.69, 9.17) is 15.2 Å². The molecule has 0 aliphatic carbocycles. The molecule has 4 N–H and O–H groups in total. The molecule has 4 unspecified atom stereocenters. The number of aromatic amines is 1. The Morgan fingerprint density at radius 2 is 1.86 bits per heavy atom. The summed E-state index contributed by atoms with van der Waals surface area (Å²) >= 11 is 0. The Morgan fingerprint density at radius 1 is 1.17 bits per heavy atom. The number of esters is 2. The quantitative estimate of drug-likeness (QED) is 0.453. The van der Waals surface area contributed by atoms with Crippen molar-refractivity contribution in [3.8, 4) is 0 Å². The second-order valence-electron chi connectivity index (χ2n) is 9.44. The van der Waals surface area contributed by atoms with Crippen LogP contribution in [0.5, 0.6) is 0 Å². The number of fused-ring (bicyclic) bond motifs is 2. The van der Waals surface area contributed by atoms with Crippen molar-refractivity contribution in [1.29, 1.82) is 0 Å². The van der Waals surface area contributed by atoms with Crippen LogP contribution in [0.1, 0.15) is 50.0 Å². The molecule has 1 amide bonds. The predicted octanol–water partition coefficient (Wildman–Crippen LogP) is 1.24. The molecule has 2 bridgehead atoms. The van der Waals surface area contributed by atoms with Crippen molar-refractivity contribution >= 4 is 17.8 Å². The fourth-order valence-corrected chi connectivity index (χ4v) is 4.87. The van der Waals surface area contributed by atoms with Gasteiger partial charge in [-0.25, -0.2) is 14.6 Å². The van der Waals surface area contributed by atoms with Crippen LogP contribution in [0, 0.1) is 0 Å². The highest BCUT2D eigenvalue weighted by Crippen LogP contribution is 2.36. The highest BCUT2D eigenvalue weighted by molar-refractivity contribution is 5.88. The van der Waals surface area contributed by atoms with Gasteiger partial charge < -0.3 is 30.4 Å². The maximum absolute atomic E-state index is 13.3. The number of H-pyrrole nitrogens is 1. The largest absolute Gasteiger partial charge is 0.459 e. The van der Waals surface area contributed by atoms with Crippen molar-refractivity contribution in [2.75, 3.05) is 7.05 Å². The standard InChI is InChI=1S/C25H33N5O5/c1-15(26)23(31)29-21(10-17-13-27-14-28-17)24(32)35-22(16-6-4-3-5-7-16)25(33)34-20-11-18-8-9-19(12-20)30(18)2/h3-7,13-15,18-22H,8-12,26H2,1-2H3,(H,27,28)(H,29,31)/t15?,18-,19?,20+,21?,22?/m1/s1. The number of rotatable bonds is 9. The molecule has 6 atom stereocenters. The second-order valence-corrected chi connectivity index (χ2v) is 9.44. The molecule has 0 radical (unpaired) electrons. The number of hydrogen-bond acceptors (Lipinski definition) is 8. The summed E-state index contributed by atoms with van der Waals surface area (Å²) in [7, 11) is 2.12. The zero-order valence-corrected chi connectivity index (χ0v) is 20.1. The number of carbonyl (C=O) groups excluding carboxylic acids is 3. The van der Waals surface area contributed by atoms with Crippen molar-refractivity contribution < 1.29 is 23.9 Å². The van der Waals surface area contributed by atoms with Crippen molar-refractivity contribution in [2.24, 2.45) is 5.73 Å². The molecule has 0 saturated carbocycles. The second kappa shape index (κ2) is 11.0. The predicted molar refractivity (Wildman–Crippen MR) is 127 cm³/mol. The van der Waals surface area contributed by atoms with E-state index in [0.29, 0.717) is 23.3 Å². The summed E-state index contributed by atoms with van der Waals surface area (Å²) in [4.78, 5) is 48.0. The van der Waals surface area contributed by atoms with Crippen LogP contribution in [-0.4, -0.2) is 70.0 Å². The number of nitrogens with two attached hydrogens (primary N) is 1. The van der Waals surface area contributed by atoms with E-state index < -0.39 is 36.0 Å². The molecular formula is C25H33N5O5. The average Bonchev–Trinajstić information content (AvgIpc) is 3.41. The van der Waals surface area contributed by atoms with E-state index >= 15 is 0 Å². The molecule has 10 nitrogen and oxygen atoms in total. The number of imidazole rings is 1. The zero-order valence-electron chi connectivity index (χ0n) is 20.1. The number of benzene rings is 1. The normalized spacial score (nSPS) is 24.3. The monoisotopic (exact) mass is 483 g/mol. The van der Waals surface area contributed by atoms with Crippen molar-refractivity contribution in [2.45, 2.75) is 75.4 Å². The maximum Gasteiger partial charge on any atom is 0.352 e. The van der Waals surface area contributed by atoms with Gasteiger partial charge in [-0.1, -0.05) is 30.3 Å². The highest BCUT2D eigenvalue weighted by Gasteiger charge is 2.41. The third-order valence-electron chi connectivity index (χ3n) is 6.88. The number of aromatic nitrogens is 2. The first kappa shape index (κ1) is 24.9. The van der Waals surface area contributed by atoms with Gasteiger partial charge in [0.2, 0.25) is 12.0 Å². The van der Waals surface area contributed by atoms with Crippen LogP contribution in [0.2, 0.25) is 0 Å². The topological polar surface area (TPSA) is 140 Å². The maximum atomic E-state index is 13.3. The Bertz CT molecular complexity index is 999. The van der Waals surface area contributed by atoms with Crippen LogP contribution in [-0.2, 0) is 30.3 Å². The molecule has 35 heavy (non-hydrogen) atoms. The molecule has 1 aromatic heterocycles. The van der Waals surface area contributed by atoms with E-state index in [0.717, 1.165) is 25.7 Å². The molecule has 2 aromatic rings. The van der Waals surface area contributed by atoms with Crippen LogP contribution in [0.15, 0.2) is 42.9 Å². The lowest BCUT2D eigenvalue weighted by Crippen LogP contribution is -2.49. The molecule has 10 heteroatoms. The fourth-order valence-electron chi connectivity index (χ4n) is 4.87. The molecule has 4 rings (SSSR count). The SMILES string of the molecule is CC(N)C(=O)NC(Cc1cnc[nH]1)C(=O)OC(C(=O)O[C@@H]1CC2CC[C@H](C1)N2C)c1ccccc1. The van der Waals surface area contributed by atoms with Crippen molar-refractivity contribution in [3.05, 3.63) is 54.1 Å². The highest BCUT2D eigenvalue weighted by atomic mass is 16.6. The third kappa shape index (κ3) is 6.07. The summed E-state index contributed by atoms with van der Waals surface area (Å²) in [6.07, 6.45) is 5.38. The van der Waals surface area contributed by atoms with Crippen LogP contribution in [0.25, 0.3) is 0 Å². The lowest BCUT2D eigenvalue weighted by Gasteiger charge is -2.36. The molecule has 0 spiro atoms. The lowest BCUT2D eigenvalue weighted by molar-refractivity contribution is -0.175. The van der Waals surface area contributed by atoms with Gasteiger partial charge in [-0.05, 0) is 39.7 Å². The minimum absolute atomic E-state index is 0.103. The van der Waals surface area contributed by atoms with E-state index in [1.54, 1.807) is 30.5 Å². The average molecular weight is 484 g/mol. The smallest absolute Gasteiger partial charge is 0.352 e. The number of carbonyl (C=O) groups is 3. The van der Waals surface area contributed by atoms with Gasteiger partial charge in [-0.3, -0.25) is 4.79 Å². The number of hydrogen-bond donors (Lipinski definition) is 3. The van der Waals surface area contributed by atoms with Crippen molar-refractivity contribution in [3.63, 3.8) is 0 Å². The van der Waals surface area contributed by atoms with Crippen LogP contribution < -0.4 is 11.1 Å². The Labute approximate surface area is 204 Å². The first-order valence-electron chi connectivity index (χ1n) is 12.0. The first-order valence-corrected chi connectivity index (χ1v) is 12.0. The number of amides is 1. The third-order valence-corrected chi connectivity index (χ3v) is 6.88. The summed E-state index contributed by atoms with van der Waals surface area (Å²) in [6.45, 7) is 1.52. The van der Waals surface area contributed by atoms with Crippen LogP contribution in [0.3, 0.4) is 0 Å². The molecule has 188 valence electrons. The minimum Gasteiger partial charge on any atom is -0.459 e.